The molecule has 0 fully saturated rings. The molecule has 2 aromatic rings. The molecule has 2 rings (SSSR count). The zero-order valence-corrected chi connectivity index (χ0v) is 22.0. The van der Waals surface area contributed by atoms with Crippen molar-refractivity contribution in [3.05, 3.63) is 59.9 Å². The van der Waals surface area contributed by atoms with E-state index in [0.717, 1.165) is 0 Å². The van der Waals surface area contributed by atoms with Gasteiger partial charge >= 0.3 is 5.97 Å². The Kier molecular flexibility index (Phi) is 12.1. The summed E-state index contributed by atoms with van der Waals surface area (Å²) in [7, 11) is 1.19. The summed E-state index contributed by atoms with van der Waals surface area (Å²) in [5.41, 5.74) is 0.854. The Hall–Kier alpha value is -4.23. The van der Waals surface area contributed by atoms with Crippen molar-refractivity contribution in [1.82, 2.24) is 26.3 Å². The molecule has 1 aromatic heterocycles. The summed E-state index contributed by atoms with van der Waals surface area (Å²) in [4.78, 5) is 66.0. The molecule has 0 radical (unpaired) electrons. The first-order valence-electron chi connectivity index (χ1n) is 12.4. The number of amides is 4. The van der Waals surface area contributed by atoms with Crippen molar-refractivity contribution in [2.45, 2.75) is 57.0 Å². The number of hydrogen-bond donors (Lipinski definition) is 7. The van der Waals surface area contributed by atoms with Crippen LogP contribution in [0.4, 0.5) is 0 Å². The lowest BCUT2D eigenvalue weighted by molar-refractivity contribution is -0.145. The van der Waals surface area contributed by atoms with E-state index >= 15 is 0 Å². The molecule has 39 heavy (non-hydrogen) atoms. The highest BCUT2D eigenvalue weighted by molar-refractivity contribution is 5.98. The highest BCUT2D eigenvalue weighted by atomic mass is 16.5. The number of ether oxygens (including phenoxy) is 1. The Labute approximate surface area is 225 Å². The third-order valence-corrected chi connectivity index (χ3v) is 5.84. The third-order valence-electron chi connectivity index (χ3n) is 5.84. The summed E-state index contributed by atoms with van der Waals surface area (Å²) in [5, 5.41) is 29.6. The molecular formula is C26H35N5O8. The minimum Gasteiger partial charge on any atom is -0.467 e. The van der Waals surface area contributed by atoms with Crippen LogP contribution in [0.3, 0.4) is 0 Å². The number of methoxy groups -OCH3 is 1. The zero-order chi connectivity index (χ0) is 28.9. The number of aliphatic hydroxyl groups excluding tert-OH is 2. The van der Waals surface area contributed by atoms with Gasteiger partial charge in [0.25, 0.3) is 5.91 Å². The molecule has 1 heterocycles. The minimum atomic E-state index is -1.52. The molecule has 1 aromatic carbocycles. The Morgan fingerprint density at radius 1 is 0.872 bits per heavy atom. The maximum Gasteiger partial charge on any atom is 0.328 e. The van der Waals surface area contributed by atoms with Gasteiger partial charge < -0.3 is 41.2 Å². The van der Waals surface area contributed by atoms with Gasteiger partial charge in [-0.05, 0) is 31.0 Å². The maximum absolute atomic E-state index is 13.1. The number of carbonyl (C=O) groups is 5. The SMILES string of the molecule is CC[C@H](NC(=O)[C@H](Cc1ccccc1)NC(=O)[C@H](CO)NC(=O)[C@@H](NC(=O)c1ccc[nH]1)[C@H](C)O)C(=O)OC. The summed E-state index contributed by atoms with van der Waals surface area (Å²) in [5.74, 6) is -3.82. The molecule has 0 saturated carbocycles. The fourth-order valence-corrected chi connectivity index (χ4v) is 3.62. The highest BCUT2D eigenvalue weighted by Crippen LogP contribution is 2.06. The number of benzene rings is 1. The van der Waals surface area contributed by atoms with E-state index in [-0.39, 0.29) is 18.5 Å². The number of aromatic nitrogens is 1. The summed E-state index contributed by atoms with van der Waals surface area (Å²) >= 11 is 0. The van der Waals surface area contributed by atoms with Crippen molar-refractivity contribution in [3.63, 3.8) is 0 Å². The van der Waals surface area contributed by atoms with E-state index in [1.54, 1.807) is 43.3 Å². The van der Waals surface area contributed by atoms with Crippen LogP contribution in [-0.4, -0.2) is 88.8 Å². The van der Waals surface area contributed by atoms with Gasteiger partial charge in [-0.1, -0.05) is 37.3 Å². The molecule has 13 nitrogen and oxygen atoms in total. The third kappa shape index (κ3) is 9.23. The van der Waals surface area contributed by atoms with Crippen LogP contribution in [-0.2, 0) is 30.3 Å². The van der Waals surface area contributed by atoms with Gasteiger partial charge in [0.15, 0.2) is 0 Å². The minimum absolute atomic E-state index is 0.0462. The number of rotatable bonds is 14. The molecular weight excluding hydrogens is 510 g/mol. The van der Waals surface area contributed by atoms with E-state index in [4.69, 9.17) is 4.74 Å². The topological polar surface area (TPSA) is 199 Å². The molecule has 0 unspecified atom stereocenters. The van der Waals surface area contributed by atoms with Crippen molar-refractivity contribution >= 4 is 29.6 Å². The molecule has 0 aliphatic heterocycles. The molecule has 4 amide bonds. The molecule has 13 heteroatoms. The van der Waals surface area contributed by atoms with Crippen molar-refractivity contribution in [2.75, 3.05) is 13.7 Å². The molecule has 0 bridgehead atoms. The number of nitrogens with one attached hydrogen (secondary N) is 5. The molecule has 0 aliphatic rings. The number of carbonyl (C=O) groups excluding carboxylic acids is 5. The Balaban J connectivity index is 2.16. The van der Waals surface area contributed by atoms with Crippen LogP contribution < -0.4 is 21.3 Å². The van der Waals surface area contributed by atoms with Crippen molar-refractivity contribution in [3.8, 4) is 0 Å². The Bertz CT molecular complexity index is 1110. The van der Waals surface area contributed by atoms with Gasteiger partial charge in [-0.25, -0.2) is 4.79 Å². The number of aliphatic hydroxyl groups is 2. The first kappa shape index (κ1) is 31.0. The van der Waals surface area contributed by atoms with E-state index in [0.29, 0.717) is 5.56 Å². The predicted octanol–water partition coefficient (Wildman–Crippen LogP) is -1.23. The van der Waals surface area contributed by atoms with Crippen LogP contribution in [0.2, 0.25) is 0 Å². The van der Waals surface area contributed by atoms with Crippen LogP contribution in [0, 0.1) is 0 Å². The van der Waals surface area contributed by atoms with E-state index in [2.05, 4.69) is 26.3 Å². The van der Waals surface area contributed by atoms with Crippen LogP contribution in [0.15, 0.2) is 48.7 Å². The Morgan fingerprint density at radius 2 is 1.49 bits per heavy atom. The lowest BCUT2D eigenvalue weighted by atomic mass is 10.0. The fraction of sp³-hybridized carbons (Fsp3) is 0.423. The van der Waals surface area contributed by atoms with Gasteiger partial charge in [0.1, 0.15) is 29.9 Å². The van der Waals surface area contributed by atoms with Gasteiger partial charge in [0.05, 0.1) is 19.8 Å². The highest BCUT2D eigenvalue weighted by Gasteiger charge is 2.32. The second-order valence-electron chi connectivity index (χ2n) is 8.76. The van der Waals surface area contributed by atoms with E-state index < -0.39 is 66.5 Å². The lowest BCUT2D eigenvalue weighted by Crippen LogP contribution is -2.60. The first-order chi connectivity index (χ1) is 18.6. The largest absolute Gasteiger partial charge is 0.467 e. The van der Waals surface area contributed by atoms with Crippen LogP contribution in [0.5, 0.6) is 0 Å². The van der Waals surface area contributed by atoms with Crippen LogP contribution >= 0.6 is 0 Å². The average molecular weight is 546 g/mol. The van der Waals surface area contributed by atoms with Crippen molar-refractivity contribution in [2.24, 2.45) is 0 Å². The van der Waals surface area contributed by atoms with Crippen molar-refractivity contribution < 1.29 is 38.9 Å². The molecule has 212 valence electrons. The van der Waals surface area contributed by atoms with E-state index in [1.807, 2.05) is 0 Å². The second kappa shape index (κ2) is 15.2. The second-order valence-corrected chi connectivity index (χ2v) is 8.76. The first-order valence-corrected chi connectivity index (χ1v) is 12.4. The molecule has 0 aliphatic carbocycles. The van der Waals surface area contributed by atoms with Crippen LogP contribution in [0.25, 0.3) is 0 Å². The number of hydrogen-bond acceptors (Lipinski definition) is 8. The van der Waals surface area contributed by atoms with Crippen LogP contribution in [0.1, 0.15) is 36.3 Å². The average Bonchev–Trinajstić information content (AvgIpc) is 3.47. The van der Waals surface area contributed by atoms with Crippen molar-refractivity contribution in [1.29, 1.82) is 0 Å². The predicted molar refractivity (Wildman–Crippen MR) is 139 cm³/mol. The van der Waals surface area contributed by atoms with Gasteiger partial charge in [0.2, 0.25) is 17.7 Å². The summed E-state index contributed by atoms with van der Waals surface area (Å²) in [6.45, 7) is 2.12. The molecule has 5 atom stereocenters. The van der Waals surface area contributed by atoms with Gasteiger partial charge in [0, 0.05) is 12.6 Å². The van der Waals surface area contributed by atoms with Gasteiger partial charge in [-0.3, -0.25) is 19.2 Å². The zero-order valence-electron chi connectivity index (χ0n) is 22.0. The number of aromatic amines is 1. The monoisotopic (exact) mass is 545 g/mol. The normalized spacial score (nSPS) is 14.6. The van der Waals surface area contributed by atoms with Gasteiger partial charge in [-0.15, -0.1) is 0 Å². The lowest BCUT2D eigenvalue weighted by Gasteiger charge is -2.26. The summed E-state index contributed by atoms with van der Waals surface area (Å²) in [6.07, 6.45) is 0.459. The van der Waals surface area contributed by atoms with E-state index in [1.165, 1.54) is 26.3 Å². The Morgan fingerprint density at radius 3 is 2.03 bits per heavy atom. The maximum atomic E-state index is 13.1. The molecule has 0 saturated heterocycles. The molecule has 7 N–H and O–H groups in total. The van der Waals surface area contributed by atoms with E-state index in [9.17, 15) is 34.2 Å². The number of esters is 1. The fourth-order valence-electron chi connectivity index (χ4n) is 3.62. The summed E-state index contributed by atoms with van der Waals surface area (Å²) in [6, 6.07) is 6.74. The number of H-pyrrole nitrogens is 1. The molecule has 0 spiro atoms. The smallest absolute Gasteiger partial charge is 0.328 e. The quantitative estimate of drug-likeness (QED) is 0.143. The van der Waals surface area contributed by atoms with Gasteiger partial charge in [-0.2, -0.15) is 0 Å². The standard InChI is InChI=1S/C26H35N5O8/c1-4-17(26(38)39-3)28-23(35)19(13-16-9-6-5-7-10-16)29-24(36)20(14-32)30-25(37)21(15(2)33)31-22(34)18-11-8-12-27-18/h5-12,15,17,19-21,27,32-33H,4,13-14H2,1-3H3,(H,28,35)(H,29,36)(H,30,37)(H,31,34)/t15-,17-,19-,20-,21-/m0/s1. The summed E-state index contributed by atoms with van der Waals surface area (Å²) < 4.78 is 4.70.